The van der Waals surface area contributed by atoms with Crippen molar-refractivity contribution in [2.24, 2.45) is 5.73 Å². The topological polar surface area (TPSA) is 41.8 Å². The molecule has 0 radical (unpaired) electrons. The highest BCUT2D eigenvalue weighted by atomic mass is 19.4. The normalized spacial score (nSPS) is 14.2. The predicted molar refractivity (Wildman–Crippen MR) is 42.9 cm³/mol. The van der Waals surface area contributed by atoms with Gasteiger partial charge < -0.3 is 10.7 Å². The van der Waals surface area contributed by atoms with E-state index in [-0.39, 0.29) is 0 Å². The fraction of sp³-hybridized carbons (Fsp3) is 0.250. The maximum absolute atomic E-state index is 12.1. The highest BCUT2D eigenvalue weighted by Crippen LogP contribution is 2.30. The van der Waals surface area contributed by atoms with Gasteiger partial charge in [-0.15, -0.1) is 6.58 Å². The number of nitrogens with one attached hydrogen (secondary N) is 1. The molecule has 1 aromatic heterocycles. The molecule has 0 bridgehead atoms. The van der Waals surface area contributed by atoms with Gasteiger partial charge in [-0.3, -0.25) is 0 Å². The minimum absolute atomic E-state index is 0.308. The van der Waals surface area contributed by atoms with Gasteiger partial charge in [0.15, 0.2) is 0 Å². The van der Waals surface area contributed by atoms with Crippen molar-refractivity contribution in [2.45, 2.75) is 12.2 Å². The van der Waals surface area contributed by atoms with Crippen LogP contribution in [0.2, 0.25) is 0 Å². The largest absolute Gasteiger partial charge is 0.417 e. The molecule has 0 saturated carbocycles. The van der Waals surface area contributed by atoms with E-state index in [4.69, 9.17) is 5.73 Å². The molecule has 0 saturated heterocycles. The molecule has 2 nitrogen and oxygen atoms in total. The van der Waals surface area contributed by atoms with E-state index in [9.17, 15) is 13.2 Å². The quantitative estimate of drug-likeness (QED) is 0.690. The molecule has 0 fully saturated rings. The maximum atomic E-state index is 12.1. The molecule has 5 heteroatoms. The lowest BCUT2D eigenvalue weighted by atomic mass is 10.2. The van der Waals surface area contributed by atoms with E-state index in [0.717, 1.165) is 12.3 Å². The van der Waals surface area contributed by atoms with Gasteiger partial charge >= 0.3 is 6.18 Å². The van der Waals surface area contributed by atoms with Gasteiger partial charge in [-0.2, -0.15) is 13.2 Å². The fourth-order valence-electron chi connectivity index (χ4n) is 0.895. The summed E-state index contributed by atoms with van der Waals surface area (Å²) in [6.07, 6.45) is -2.07. The summed E-state index contributed by atoms with van der Waals surface area (Å²) in [7, 11) is 0. The number of halogens is 3. The van der Waals surface area contributed by atoms with E-state index in [1.165, 1.54) is 6.08 Å². The second-order valence-corrected chi connectivity index (χ2v) is 2.60. The van der Waals surface area contributed by atoms with Crippen molar-refractivity contribution in [3.63, 3.8) is 0 Å². The SMILES string of the molecule is C=C[C@@H](N)c1cc(C(F)(F)F)c[nH]1. The van der Waals surface area contributed by atoms with E-state index in [2.05, 4.69) is 11.6 Å². The van der Waals surface area contributed by atoms with Gasteiger partial charge in [0.1, 0.15) is 0 Å². The van der Waals surface area contributed by atoms with Crippen LogP contribution in [-0.2, 0) is 6.18 Å². The summed E-state index contributed by atoms with van der Waals surface area (Å²) in [5.74, 6) is 0. The first-order chi connectivity index (χ1) is 5.95. The van der Waals surface area contributed by atoms with E-state index in [0.29, 0.717) is 5.69 Å². The molecule has 0 amide bonds. The Balaban J connectivity index is 2.93. The second-order valence-electron chi connectivity index (χ2n) is 2.60. The number of aromatic nitrogens is 1. The monoisotopic (exact) mass is 190 g/mol. The van der Waals surface area contributed by atoms with Crippen LogP contribution in [0.4, 0.5) is 13.2 Å². The standard InChI is InChI=1S/C8H9F3N2/c1-2-6(12)7-3-5(4-13-7)8(9,10)11/h2-4,6,13H,1,12H2/t6-/m1/s1. The Hall–Kier alpha value is -1.23. The summed E-state index contributed by atoms with van der Waals surface area (Å²) in [6.45, 7) is 3.38. The zero-order valence-corrected chi connectivity index (χ0v) is 6.73. The lowest BCUT2D eigenvalue weighted by Gasteiger charge is -2.02. The van der Waals surface area contributed by atoms with E-state index in [1.807, 2.05) is 0 Å². The highest BCUT2D eigenvalue weighted by Gasteiger charge is 2.31. The molecule has 13 heavy (non-hydrogen) atoms. The van der Waals surface area contributed by atoms with Gasteiger partial charge in [0.25, 0.3) is 0 Å². The van der Waals surface area contributed by atoms with Crippen LogP contribution in [0.3, 0.4) is 0 Å². The minimum atomic E-state index is -4.32. The molecule has 0 aliphatic carbocycles. The van der Waals surface area contributed by atoms with Crippen molar-refractivity contribution in [2.75, 3.05) is 0 Å². The van der Waals surface area contributed by atoms with Gasteiger partial charge in [-0.25, -0.2) is 0 Å². The number of H-pyrrole nitrogens is 1. The van der Waals surface area contributed by atoms with Crippen molar-refractivity contribution in [3.8, 4) is 0 Å². The van der Waals surface area contributed by atoms with Crippen LogP contribution < -0.4 is 5.73 Å². The fourth-order valence-corrected chi connectivity index (χ4v) is 0.895. The molecule has 1 rings (SSSR count). The van der Waals surface area contributed by atoms with Crippen molar-refractivity contribution in [1.82, 2.24) is 4.98 Å². The molecular weight excluding hydrogens is 181 g/mol. The molecule has 72 valence electrons. The molecule has 0 aromatic carbocycles. The Labute approximate surface area is 73.2 Å². The molecule has 1 heterocycles. The Kier molecular flexibility index (Phi) is 2.47. The van der Waals surface area contributed by atoms with Gasteiger partial charge in [-0.05, 0) is 6.07 Å². The van der Waals surface area contributed by atoms with Crippen LogP contribution in [-0.4, -0.2) is 4.98 Å². The number of alkyl halides is 3. The lowest BCUT2D eigenvalue weighted by molar-refractivity contribution is -0.137. The van der Waals surface area contributed by atoms with Gasteiger partial charge in [0.05, 0.1) is 11.6 Å². The molecule has 1 atom stereocenters. The molecular formula is C8H9F3N2. The predicted octanol–water partition coefficient (Wildman–Crippen LogP) is 2.22. The van der Waals surface area contributed by atoms with Crippen molar-refractivity contribution < 1.29 is 13.2 Å². The van der Waals surface area contributed by atoms with E-state index < -0.39 is 17.8 Å². The number of aromatic amines is 1. The first-order valence-corrected chi connectivity index (χ1v) is 3.59. The minimum Gasteiger partial charge on any atom is -0.363 e. The number of hydrogen-bond donors (Lipinski definition) is 2. The molecule has 0 aliphatic heterocycles. The first kappa shape index (κ1) is 9.85. The Bertz CT molecular complexity index is 301. The Morgan fingerprint density at radius 3 is 2.54 bits per heavy atom. The molecule has 3 N–H and O–H groups in total. The van der Waals surface area contributed by atoms with Gasteiger partial charge in [-0.1, -0.05) is 6.08 Å². The summed E-state index contributed by atoms with van der Waals surface area (Å²) in [6, 6.07) is 0.392. The van der Waals surface area contributed by atoms with Crippen LogP contribution in [0.1, 0.15) is 17.3 Å². The summed E-state index contributed by atoms with van der Waals surface area (Å²) < 4.78 is 36.2. The Morgan fingerprint density at radius 1 is 1.54 bits per heavy atom. The summed E-state index contributed by atoms with van der Waals surface area (Å²) >= 11 is 0. The van der Waals surface area contributed by atoms with Crippen LogP contribution >= 0.6 is 0 Å². The average Bonchev–Trinajstić information content (AvgIpc) is 2.50. The molecule has 0 aliphatic rings. The lowest BCUT2D eigenvalue weighted by Crippen LogP contribution is -2.07. The van der Waals surface area contributed by atoms with E-state index >= 15 is 0 Å². The third-order valence-corrected chi connectivity index (χ3v) is 1.65. The molecule has 0 unspecified atom stereocenters. The summed E-state index contributed by atoms with van der Waals surface area (Å²) in [4.78, 5) is 2.45. The average molecular weight is 190 g/mol. The highest BCUT2D eigenvalue weighted by molar-refractivity contribution is 5.23. The molecule has 0 spiro atoms. The van der Waals surface area contributed by atoms with Crippen LogP contribution in [0.5, 0.6) is 0 Å². The first-order valence-electron chi connectivity index (χ1n) is 3.59. The van der Waals surface area contributed by atoms with Gasteiger partial charge in [0.2, 0.25) is 0 Å². The van der Waals surface area contributed by atoms with Crippen LogP contribution in [0.25, 0.3) is 0 Å². The maximum Gasteiger partial charge on any atom is 0.417 e. The third-order valence-electron chi connectivity index (χ3n) is 1.65. The number of rotatable bonds is 2. The van der Waals surface area contributed by atoms with Crippen molar-refractivity contribution in [1.29, 1.82) is 0 Å². The van der Waals surface area contributed by atoms with Crippen molar-refractivity contribution >= 4 is 0 Å². The number of hydrogen-bond acceptors (Lipinski definition) is 1. The molecule has 1 aromatic rings. The third kappa shape index (κ3) is 2.12. The number of nitrogens with two attached hydrogens (primary N) is 1. The zero-order chi connectivity index (χ0) is 10.1. The summed E-state index contributed by atoms with van der Waals surface area (Å²) in [5.41, 5.74) is 5.02. The Morgan fingerprint density at radius 2 is 2.15 bits per heavy atom. The second kappa shape index (κ2) is 3.26. The zero-order valence-electron chi connectivity index (χ0n) is 6.73. The van der Waals surface area contributed by atoms with E-state index in [1.54, 1.807) is 0 Å². The summed E-state index contributed by atoms with van der Waals surface area (Å²) in [5, 5.41) is 0. The van der Waals surface area contributed by atoms with Crippen LogP contribution in [0, 0.1) is 0 Å². The van der Waals surface area contributed by atoms with Crippen LogP contribution in [0.15, 0.2) is 24.9 Å². The van der Waals surface area contributed by atoms with Crippen molar-refractivity contribution in [3.05, 3.63) is 36.2 Å². The van der Waals surface area contributed by atoms with Gasteiger partial charge in [0, 0.05) is 11.9 Å². The smallest absolute Gasteiger partial charge is 0.363 e.